The van der Waals surface area contributed by atoms with Crippen LogP contribution in [0, 0.1) is 0 Å². The van der Waals surface area contributed by atoms with E-state index in [-0.39, 0.29) is 5.91 Å². The molecule has 1 aliphatic heterocycles. The molecule has 4 nitrogen and oxygen atoms in total. The van der Waals surface area contributed by atoms with E-state index in [0.717, 1.165) is 30.0 Å². The van der Waals surface area contributed by atoms with Gasteiger partial charge in [-0.3, -0.25) is 4.79 Å². The summed E-state index contributed by atoms with van der Waals surface area (Å²) in [6.07, 6.45) is 2.18. The van der Waals surface area contributed by atoms with Gasteiger partial charge < -0.3 is 15.0 Å². The summed E-state index contributed by atoms with van der Waals surface area (Å²) in [5.41, 5.74) is 4.48. The molecular formula is C19H22N2O2. The van der Waals surface area contributed by atoms with Crippen molar-refractivity contribution in [2.45, 2.75) is 19.3 Å². The fraction of sp³-hybridized carbons (Fsp3) is 0.316. The van der Waals surface area contributed by atoms with Crippen LogP contribution in [0.4, 0.5) is 11.4 Å². The SMILES string of the molecule is COc1ccccc1CCC(=O)Nc1ccc2c(c1)N(C)CC2. The molecule has 3 rings (SSSR count). The number of benzene rings is 2. The Hall–Kier alpha value is -2.49. The Kier molecular flexibility index (Phi) is 4.51. The maximum atomic E-state index is 12.2. The number of anilines is 2. The maximum Gasteiger partial charge on any atom is 0.224 e. The van der Waals surface area contributed by atoms with Crippen molar-refractivity contribution in [3.05, 3.63) is 53.6 Å². The Bertz CT molecular complexity index is 712. The highest BCUT2D eigenvalue weighted by Crippen LogP contribution is 2.29. The first kappa shape index (κ1) is 15.4. The van der Waals surface area contributed by atoms with Gasteiger partial charge in [-0.05, 0) is 42.2 Å². The molecule has 2 aromatic rings. The third kappa shape index (κ3) is 3.47. The highest BCUT2D eigenvalue weighted by Gasteiger charge is 2.16. The average molecular weight is 310 g/mol. The van der Waals surface area contributed by atoms with Crippen molar-refractivity contribution in [3.8, 4) is 5.75 Å². The molecule has 1 N–H and O–H groups in total. The van der Waals surface area contributed by atoms with Crippen LogP contribution in [0.5, 0.6) is 5.75 Å². The molecule has 0 spiro atoms. The molecule has 0 aromatic heterocycles. The van der Waals surface area contributed by atoms with Crippen molar-refractivity contribution in [2.75, 3.05) is 30.9 Å². The van der Waals surface area contributed by atoms with E-state index >= 15 is 0 Å². The molecule has 1 aliphatic rings. The summed E-state index contributed by atoms with van der Waals surface area (Å²) in [6.45, 7) is 1.04. The van der Waals surface area contributed by atoms with E-state index in [2.05, 4.69) is 29.4 Å². The first-order valence-corrected chi connectivity index (χ1v) is 7.93. The standard InChI is InChI=1S/C19H22N2O2/c1-21-12-11-14-7-9-16(13-17(14)21)20-19(22)10-8-15-5-3-4-6-18(15)23-2/h3-7,9,13H,8,10-12H2,1-2H3,(H,20,22). The fourth-order valence-corrected chi connectivity index (χ4v) is 3.00. The minimum Gasteiger partial charge on any atom is -0.496 e. The highest BCUT2D eigenvalue weighted by molar-refractivity contribution is 5.91. The van der Waals surface area contributed by atoms with E-state index < -0.39 is 0 Å². The normalized spacial score (nSPS) is 12.9. The van der Waals surface area contributed by atoms with Gasteiger partial charge in [0.15, 0.2) is 0 Å². The zero-order valence-electron chi connectivity index (χ0n) is 13.6. The quantitative estimate of drug-likeness (QED) is 0.921. The number of amides is 1. The van der Waals surface area contributed by atoms with Gasteiger partial charge in [0.2, 0.25) is 5.91 Å². The smallest absolute Gasteiger partial charge is 0.224 e. The predicted molar refractivity (Wildman–Crippen MR) is 93.4 cm³/mol. The van der Waals surface area contributed by atoms with Crippen molar-refractivity contribution in [1.29, 1.82) is 0 Å². The van der Waals surface area contributed by atoms with Gasteiger partial charge in [-0.15, -0.1) is 0 Å². The number of aryl methyl sites for hydroxylation is 1. The van der Waals surface area contributed by atoms with E-state index in [0.29, 0.717) is 12.8 Å². The van der Waals surface area contributed by atoms with Crippen LogP contribution in [0.2, 0.25) is 0 Å². The number of hydrogen-bond acceptors (Lipinski definition) is 3. The minimum atomic E-state index is 0.0245. The molecule has 2 aromatic carbocycles. The average Bonchev–Trinajstić information content (AvgIpc) is 2.94. The molecule has 0 unspecified atom stereocenters. The summed E-state index contributed by atoms with van der Waals surface area (Å²) in [5, 5.41) is 2.99. The Labute approximate surface area is 137 Å². The lowest BCUT2D eigenvalue weighted by molar-refractivity contribution is -0.116. The first-order valence-electron chi connectivity index (χ1n) is 7.93. The van der Waals surface area contributed by atoms with Crippen LogP contribution in [-0.4, -0.2) is 26.6 Å². The summed E-state index contributed by atoms with van der Waals surface area (Å²) in [6, 6.07) is 14.0. The van der Waals surface area contributed by atoms with E-state index in [9.17, 15) is 4.79 Å². The minimum absolute atomic E-state index is 0.0245. The predicted octanol–water partition coefficient (Wildman–Crippen LogP) is 3.26. The maximum absolute atomic E-state index is 12.2. The van der Waals surface area contributed by atoms with Crippen molar-refractivity contribution < 1.29 is 9.53 Å². The van der Waals surface area contributed by atoms with Gasteiger partial charge in [0.05, 0.1) is 7.11 Å². The summed E-state index contributed by atoms with van der Waals surface area (Å²) >= 11 is 0. The van der Waals surface area contributed by atoms with Crippen molar-refractivity contribution in [2.24, 2.45) is 0 Å². The number of carbonyl (C=O) groups excluding carboxylic acids is 1. The zero-order valence-corrected chi connectivity index (χ0v) is 13.6. The number of methoxy groups -OCH3 is 1. The molecule has 0 atom stereocenters. The molecule has 0 radical (unpaired) electrons. The summed E-state index contributed by atoms with van der Waals surface area (Å²) in [4.78, 5) is 14.4. The number of likely N-dealkylation sites (N-methyl/N-ethyl adjacent to an activating group) is 1. The third-order valence-corrected chi connectivity index (χ3v) is 4.31. The number of nitrogens with zero attached hydrogens (tertiary/aromatic N) is 1. The van der Waals surface area contributed by atoms with Gasteiger partial charge >= 0.3 is 0 Å². The molecule has 1 amide bonds. The second-order valence-electron chi connectivity index (χ2n) is 5.88. The number of carbonyl (C=O) groups is 1. The Morgan fingerprint density at radius 1 is 1.26 bits per heavy atom. The monoisotopic (exact) mass is 310 g/mol. The molecule has 0 fully saturated rings. The van der Waals surface area contributed by atoms with Crippen LogP contribution < -0.4 is 15.0 Å². The molecule has 4 heteroatoms. The van der Waals surface area contributed by atoms with E-state index in [1.54, 1.807) is 7.11 Å². The van der Waals surface area contributed by atoms with Crippen LogP contribution >= 0.6 is 0 Å². The van der Waals surface area contributed by atoms with Gasteiger partial charge in [0.1, 0.15) is 5.75 Å². The van der Waals surface area contributed by atoms with Crippen molar-refractivity contribution in [1.82, 2.24) is 0 Å². The molecule has 120 valence electrons. The Balaban J connectivity index is 1.61. The zero-order chi connectivity index (χ0) is 16.2. The van der Waals surface area contributed by atoms with Crippen LogP contribution in [0.25, 0.3) is 0 Å². The number of ether oxygens (including phenoxy) is 1. The molecule has 23 heavy (non-hydrogen) atoms. The molecule has 0 saturated heterocycles. The van der Waals surface area contributed by atoms with Crippen molar-refractivity contribution in [3.63, 3.8) is 0 Å². The van der Waals surface area contributed by atoms with Gasteiger partial charge in [0, 0.05) is 31.4 Å². The van der Waals surface area contributed by atoms with Gasteiger partial charge in [-0.2, -0.15) is 0 Å². The second-order valence-corrected chi connectivity index (χ2v) is 5.88. The number of rotatable bonds is 5. The lowest BCUT2D eigenvalue weighted by atomic mass is 10.1. The topological polar surface area (TPSA) is 41.6 Å². The Morgan fingerprint density at radius 3 is 2.91 bits per heavy atom. The lowest BCUT2D eigenvalue weighted by Gasteiger charge is -2.14. The van der Waals surface area contributed by atoms with Crippen LogP contribution in [0.1, 0.15) is 17.5 Å². The number of hydrogen-bond donors (Lipinski definition) is 1. The molecule has 0 bridgehead atoms. The number of para-hydroxylation sites is 1. The van der Waals surface area contributed by atoms with Crippen LogP contribution in [0.15, 0.2) is 42.5 Å². The molecule has 0 saturated carbocycles. The number of nitrogens with one attached hydrogen (secondary N) is 1. The van der Waals surface area contributed by atoms with Gasteiger partial charge in [-0.25, -0.2) is 0 Å². The molecule has 1 heterocycles. The second kappa shape index (κ2) is 6.73. The largest absolute Gasteiger partial charge is 0.496 e. The van der Waals surface area contributed by atoms with E-state index in [4.69, 9.17) is 4.74 Å². The summed E-state index contributed by atoms with van der Waals surface area (Å²) in [7, 11) is 3.74. The first-order chi connectivity index (χ1) is 11.2. The third-order valence-electron chi connectivity index (χ3n) is 4.31. The summed E-state index contributed by atoms with van der Waals surface area (Å²) < 4.78 is 5.32. The summed E-state index contributed by atoms with van der Waals surface area (Å²) in [5.74, 6) is 0.857. The highest BCUT2D eigenvalue weighted by atomic mass is 16.5. The fourth-order valence-electron chi connectivity index (χ4n) is 3.00. The van der Waals surface area contributed by atoms with Crippen LogP contribution in [-0.2, 0) is 17.6 Å². The molecular weight excluding hydrogens is 288 g/mol. The van der Waals surface area contributed by atoms with Crippen molar-refractivity contribution >= 4 is 17.3 Å². The molecule has 0 aliphatic carbocycles. The van der Waals surface area contributed by atoms with Gasteiger partial charge in [-0.1, -0.05) is 24.3 Å². The van der Waals surface area contributed by atoms with E-state index in [1.165, 1.54) is 11.3 Å². The van der Waals surface area contributed by atoms with E-state index in [1.807, 2.05) is 30.3 Å². The van der Waals surface area contributed by atoms with Gasteiger partial charge in [0.25, 0.3) is 0 Å². The Morgan fingerprint density at radius 2 is 2.09 bits per heavy atom. The lowest BCUT2D eigenvalue weighted by Crippen LogP contribution is -2.14. The van der Waals surface area contributed by atoms with Crippen LogP contribution in [0.3, 0.4) is 0 Å². The number of fused-ring (bicyclic) bond motifs is 1.